The molecule has 0 bridgehead atoms. The molecule has 2 rings (SSSR count). The molecular weight excluding hydrogens is 292 g/mol. The molecule has 2 aromatic rings. The van der Waals surface area contributed by atoms with Crippen LogP contribution in [-0.4, -0.2) is 25.2 Å². The number of aryl methyl sites for hydroxylation is 1. The number of rotatable bonds is 5. The van der Waals surface area contributed by atoms with E-state index in [4.69, 9.17) is 4.74 Å². The fourth-order valence-corrected chi connectivity index (χ4v) is 2.15. The highest BCUT2D eigenvalue weighted by atomic mass is 16.5. The van der Waals surface area contributed by atoms with Crippen molar-refractivity contribution in [3.05, 3.63) is 65.7 Å². The van der Waals surface area contributed by atoms with Crippen molar-refractivity contribution in [1.29, 1.82) is 0 Å². The van der Waals surface area contributed by atoms with E-state index >= 15 is 0 Å². The fraction of sp³-hybridized carbons (Fsp3) is 0.222. The maximum atomic E-state index is 12.1. The molecule has 0 unspecified atom stereocenters. The van der Waals surface area contributed by atoms with Gasteiger partial charge in [-0.25, -0.2) is 9.59 Å². The normalized spacial score (nSPS) is 11.4. The highest BCUT2D eigenvalue weighted by molar-refractivity contribution is 5.92. The van der Waals surface area contributed by atoms with Crippen LogP contribution in [-0.2, 0) is 16.0 Å². The second-order valence-corrected chi connectivity index (χ2v) is 5.23. The number of nitrogens with one attached hydrogen (secondary N) is 2. The summed E-state index contributed by atoms with van der Waals surface area (Å²) in [6.45, 7) is 1.97. The number of hydrogen-bond donors (Lipinski definition) is 2. The Morgan fingerprint density at radius 2 is 1.70 bits per heavy atom. The van der Waals surface area contributed by atoms with Crippen molar-refractivity contribution in [2.75, 3.05) is 12.4 Å². The van der Waals surface area contributed by atoms with E-state index in [0.717, 1.165) is 11.1 Å². The lowest BCUT2D eigenvalue weighted by atomic mass is 10.1. The zero-order chi connectivity index (χ0) is 16.7. The number of anilines is 1. The molecule has 1 atom stereocenters. The van der Waals surface area contributed by atoms with E-state index in [9.17, 15) is 9.59 Å². The number of hydrogen-bond acceptors (Lipinski definition) is 3. The van der Waals surface area contributed by atoms with Gasteiger partial charge in [-0.3, -0.25) is 0 Å². The molecule has 2 amide bonds. The van der Waals surface area contributed by atoms with Crippen molar-refractivity contribution in [2.24, 2.45) is 0 Å². The topological polar surface area (TPSA) is 67.4 Å². The van der Waals surface area contributed by atoms with E-state index in [1.54, 1.807) is 12.1 Å². The molecule has 0 saturated heterocycles. The number of esters is 1. The quantitative estimate of drug-likeness (QED) is 0.834. The molecule has 2 N–H and O–H groups in total. The Balaban J connectivity index is 2.00. The SMILES string of the molecule is COC(=O)[C@@H](Cc1ccccc1)NC(=O)Nc1ccc(C)cc1. The number of carbonyl (C=O) groups excluding carboxylic acids is 2. The van der Waals surface area contributed by atoms with Crippen molar-refractivity contribution in [3.8, 4) is 0 Å². The van der Waals surface area contributed by atoms with Gasteiger partial charge in [-0.1, -0.05) is 48.0 Å². The lowest BCUT2D eigenvalue weighted by Gasteiger charge is -2.17. The van der Waals surface area contributed by atoms with E-state index in [2.05, 4.69) is 10.6 Å². The number of benzene rings is 2. The summed E-state index contributed by atoms with van der Waals surface area (Å²) in [5.41, 5.74) is 2.71. The predicted octanol–water partition coefficient (Wildman–Crippen LogP) is 2.90. The van der Waals surface area contributed by atoms with Crippen molar-refractivity contribution in [3.63, 3.8) is 0 Å². The maximum absolute atomic E-state index is 12.1. The van der Waals surface area contributed by atoms with Gasteiger partial charge in [-0.15, -0.1) is 0 Å². The van der Waals surface area contributed by atoms with Gasteiger partial charge in [-0.2, -0.15) is 0 Å². The molecule has 23 heavy (non-hydrogen) atoms. The van der Waals surface area contributed by atoms with Crippen LogP contribution in [0.4, 0.5) is 10.5 Å². The molecule has 120 valence electrons. The van der Waals surface area contributed by atoms with Gasteiger partial charge in [0.2, 0.25) is 0 Å². The average molecular weight is 312 g/mol. The Labute approximate surface area is 135 Å². The zero-order valence-electron chi connectivity index (χ0n) is 13.2. The lowest BCUT2D eigenvalue weighted by Crippen LogP contribution is -2.45. The van der Waals surface area contributed by atoms with Crippen LogP contribution in [0.15, 0.2) is 54.6 Å². The molecule has 0 heterocycles. The first kappa shape index (κ1) is 16.5. The van der Waals surface area contributed by atoms with Gasteiger partial charge >= 0.3 is 12.0 Å². The standard InChI is InChI=1S/C18H20N2O3/c1-13-8-10-15(11-9-13)19-18(22)20-16(17(21)23-2)12-14-6-4-3-5-7-14/h3-11,16H,12H2,1-2H3,(H2,19,20,22)/t16-/m1/s1. The monoisotopic (exact) mass is 312 g/mol. The lowest BCUT2D eigenvalue weighted by molar-refractivity contribution is -0.142. The van der Waals surface area contributed by atoms with Crippen molar-refractivity contribution in [2.45, 2.75) is 19.4 Å². The number of methoxy groups -OCH3 is 1. The second-order valence-electron chi connectivity index (χ2n) is 5.23. The minimum absolute atomic E-state index is 0.370. The summed E-state index contributed by atoms with van der Waals surface area (Å²) >= 11 is 0. The van der Waals surface area contributed by atoms with Gasteiger partial charge in [0, 0.05) is 12.1 Å². The van der Waals surface area contributed by atoms with E-state index < -0.39 is 18.0 Å². The summed E-state index contributed by atoms with van der Waals surface area (Å²) < 4.78 is 4.77. The third-order valence-electron chi connectivity index (χ3n) is 3.38. The van der Waals surface area contributed by atoms with Crippen LogP contribution >= 0.6 is 0 Å². The number of carbonyl (C=O) groups is 2. The van der Waals surface area contributed by atoms with Gasteiger partial charge in [0.25, 0.3) is 0 Å². The predicted molar refractivity (Wildman–Crippen MR) is 89.3 cm³/mol. The zero-order valence-corrected chi connectivity index (χ0v) is 13.2. The fourth-order valence-electron chi connectivity index (χ4n) is 2.15. The third kappa shape index (κ3) is 5.14. The second kappa shape index (κ2) is 7.98. The Bertz CT molecular complexity index is 654. The Kier molecular flexibility index (Phi) is 5.74. The summed E-state index contributed by atoms with van der Waals surface area (Å²) in [5, 5.41) is 5.36. The average Bonchev–Trinajstić information content (AvgIpc) is 2.56. The Morgan fingerprint density at radius 3 is 2.30 bits per heavy atom. The summed E-state index contributed by atoms with van der Waals surface area (Å²) in [6, 6.07) is 15.7. The first-order chi connectivity index (χ1) is 11.1. The molecule has 0 aromatic heterocycles. The molecule has 5 nitrogen and oxygen atoms in total. The van der Waals surface area contributed by atoms with E-state index in [-0.39, 0.29) is 0 Å². The molecule has 2 aromatic carbocycles. The van der Waals surface area contributed by atoms with Gasteiger partial charge in [0.15, 0.2) is 0 Å². The smallest absolute Gasteiger partial charge is 0.328 e. The molecule has 0 aliphatic rings. The molecule has 0 aliphatic carbocycles. The summed E-state index contributed by atoms with van der Waals surface area (Å²) in [5.74, 6) is -0.479. The number of amides is 2. The molecular formula is C18H20N2O3. The van der Waals surface area contributed by atoms with Crippen LogP contribution in [0, 0.1) is 6.92 Å². The van der Waals surface area contributed by atoms with Crippen molar-refractivity contribution < 1.29 is 14.3 Å². The largest absolute Gasteiger partial charge is 0.467 e. The molecule has 0 fully saturated rings. The maximum Gasteiger partial charge on any atom is 0.328 e. The van der Waals surface area contributed by atoms with Crippen LogP contribution in [0.2, 0.25) is 0 Å². The summed E-state index contributed by atoms with van der Waals surface area (Å²) in [7, 11) is 1.31. The molecule has 0 saturated carbocycles. The minimum Gasteiger partial charge on any atom is -0.467 e. The Morgan fingerprint density at radius 1 is 1.04 bits per heavy atom. The summed E-state index contributed by atoms with van der Waals surface area (Å²) in [4.78, 5) is 24.0. The summed E-state index contributed by atoms with van der Waals surface area (Å²) in [6.07, 6.45) is 0.370. The number of urea groups is 1. The van der Waals surface area contributed by atoms with Crippen LogP contribution in [0.1, 0.15) is 11.1 Å². The highest BCUT2D eigenvalue weighted by Crippen LogP contribution is 2.09. The minimum atomic E-state index is -0.743. The van der Waals surface area contributed by atoms with Gasteiger partial charge in [0.1, 0.15) is 6.04 Å². The molecule has 5 heteroatoms. The third-order valence-corrected chi connectivity index (χ3v) is 3.38. The first-order valence-electron chi connectivity index (χ1n) is 7.34. The molecule has 0 aliphatic heterocycles. The molecule has 0 radical (unpaired) electrons. The van der Waals surface area contributed by atoms with Crippen molar-refractivity contribution >= 4 is 17.7 Å². The van der Waals surface area contributed by atoms with Gasteiger partial charge in [-0.05, 0) is 24.6 Å². The van der Waals surface area contributed by atoms with Crippen LogP contribution < -0.4 is 10.6 Å². The van der Waals surface area contributed by atoms with Crippen LogP contribution in [0.5, 0.6) is 0 Å². The molecule has 0 spiro atoms. The van der Waals surface area contributed by atoms with Crippen LogP contribution in [0.25, 0.3) is 0 Å². The van der Waals surface area contributed by atoms with Gasteiger partial charge in [0.05, 0.1) is 7.11 Å². The highest BCUT2D eigenvalue weighted by Gasteiger charge is 2.21. The van der Waals surface area contributed by atoms with Crippen molar-refractivity contribution in [1.82, 2.24) is 5.32 Å². The van der Waals surface area contributed by atoms with Crippen LogP contribution in [0.3, 0.4) is 0 Å². The van der Waals surface area contributed by atoms with E-state index in [0.29, 0.717) is 12.1 Å². The Hall–Kier alpha value is -2.82. The first-order valence-corrected chi connectivity index (χ1v) is 7.34. The van der Waals surface area contributed by atoms with Gasteiger partial charge < -0.3 is 15.4 Å². The van der Waals surface area contributed by atoms with E-state index in [1.807, 2.05) is 49.4 Å². The number of ether oxygens (including phenoxy) is 1. The van der Waals surface area contributed by atoms with E-state index in [1.165, 1.54) is 7.11 Å².